The van der Waals surface area contributed by atoms with Crippen LogP contribution in [0.5, 0.6) is 0 Å². The molecule has 4 heteroatoms. The molecule has 1 aliphatic rings. The molecule has 3 atom stereocenters. The summed E-state index contributed by atoms with van der Waals surface area (Å²) in [5, 5.41) is 8.00. The minimum atomic E-state index is 0.561. The van der Waals surface area contributed by atoms with E-state index in [-0.39, 0.29) is 0 Å². The summed E-state index contributed by atoms with van der Waals surface area (Å²) in [6.45, 7) is 7.98. The van der Waals surface area contributed by atoms with Crippen LogP contribution in [-0.4, -0.2) is 35.5 Å². The summed E-state index contributed by atoms with van der Waals surface area (Å²) in [4.78, 5) is 2.53. The quantitative estimate of drug-likeness (QED) is 0.888. The van der Waals surface area contributed by atoms with E-state index in [2.05, 4.69) is 49.3 Å². The van der Waals surface area contributed by atoms with E-state index >= 15 is 0 Å². The number of anilines is 1. The van der Waals surface area contributed by atoms with Crippen LogP contribution in [0.2, 0.25) is 0 Å². The number of aryl methyl sites for hydroxylation is 2. The van der Waals surface area contributed by atoms with Gasteiger partial charge in [-0.25, -0.2) is 0 Å². The number of hydrogen-bond donors (Lipinski definition) is 1. The van der Waals surface area contributed by atoms with Crippen LogP contribution < -0.4 is 10.2 Å². The third kappa shape index (κ3) is 2.26. The van der Waals surface area contributed by atoms with E-state index in [0.29, 0.717) is 18.0 Å². The SMILES string of the molecule is CCc1nn(C)cc1N1CCC(NC)C(C)C1C. The van der Waals surface area contributed by atoms with Gasteiger partial charge in [0.2, 0.25) is 0 Å². The van der Waals surface area contributed by atoms with Crippen LogP contribution >= 0.6 is 0 Å². The fourth-order valence-electron chi connectivity index (χ4n) is 3.13. The summed E-state index contributed by atoms with van der Waals surface area (Å²) in [6, 6.07) is 1.20. The Balaban J connectivity index is 2.23. The first-order valence-corrected chi connectivity index (χ1v) is 7.04. The molecule has 2 rings (SSSR count). The third-order valence-corrected chi connectivity index (χ3v) is 4.47. The molecule has 102 valence electrons. The zero-order valence-electron chi connectivity index (χ0n) is 12.3. The molecule has 0 radical (unpaired) electrons. The van der Waals surface area contributed by atoms with Gasteiger partial charge in [-0.15, -0.1) is 0 Å². The molecule has 1 aliphatic heterocycles. The highest BCUT2D eigenvalue weighted by molar-refractivity contribution is 5.51. The van der Waals surface area contributed by atoms with E-state index in [1.165, 1.54) is 17.8 Å². The van der Waals surface area contributed by atoms with Crippen molar-refractivity contribution in [3.63, 3.8) is 0 Å². The van der Waals surface area contributed by atoms with Crippen LogP contribution in [0.25, 0.3) is 0 Å². The van der Waals surface area contributed by atoms with Gasteiger partial charge < -0.3 is 10.2 Å². The van der Waals surface area contributed by atoms with Gasteiger partial charge in [-0.1, -0.05) is 13.8 Å². The number of hydrogen-bond acceptors (Lipinski definition) is 3. The normalized spacial score (nSPS) is 28.7. The predicted octanol–water partition coefficient (Wildman–Crippen LogP) is 1.81. The number of nitrogens with zero attached hydrogens (tertiary/aromatic N) is 3. The van der Waals surface area contributed by atoms with Gasteiger partial charge in [-0.05, 0) is 32.7 Å². The van der Waals surface area contributed by atoms with E-state index in [1.807, 2.05) is 11.7 Å². The van der Waals surface area contributed by atoms with Crippen molar-refractivity contribution in [3.8, 4) is 0 Å². The summed E-state index contributed by atoms with van der Waals surface area (Å²) in [7, 11) is 4.09. The Kier molecular flexibility index (Phi) is 3.95. The maximum atomic E-state index is 4.56. The number of aromatic nitrogens is 2. The molecule has 1 N–H and O–H groups in total. The standard InChI is InChI=1S/C14H26N4/c1-6-12-14(9-17(5)16-12)18-8-7-13(15-4)10(2)11(18)3/h9-11,13,15H,6-8H2,1-5H3. The fourth-order valence-corrected chi connectivity index (χ4v) is 3.13. The summed E-state index contributed by atoms with van der Waals surface area (Å²) in [5.74, 6) is 0.661. The Labute approximate surface area is 110 Å². The molecule has 1 aromatic heterocycles. The minimum Gasteiger partial charge on any atom is -0.366 e. The second-order valence-electron chi connectivity index (χ2n) is 5.47. The van der Waals surface area contributed by atoms with Gasteiger partial charge >= 0.3 is 0 Å². The van der Waals surface area contributed by atoms with Crippen molar-refractivity contribution in [1.29, 1.82) is 0 Å². The van der Waals surface area contributed by atoms with E-state index in [0.717, 1.165) is 13.0 Å². The van der Waals surface area contributed by atoms with E-state index in [1.54, 1.807) is 0 Å². The highest BCUT2D eigenvalue weighted by Gasteiger charge is 2.33. The molecule has 0 aliphatic carbocycles. The Bertz CT molecular complexity index is 398. The first kappa shape index (κ1) is 13.4. The van der Waals surface area contributed by atoms with Crippen LogP contribution in [0.3, 0.4) is 0 Å². The highest BCUT2D eigenvalue weighted by atomic mass is 15.3. The maximum absolute atomic E-state index is 4.56. The summed E-state index contributed by atoms with van der Waals surface area (Å²) >= 11 is 0. The van der Waals surface area contributed by atoms with Crippen molar-refractivity contribution in [2.75, 3.05) is 18.5 Å². The van der Waals surface area contributed by atoms with Crippen molar-refractivity contribution >= 4 is 5.69 Å². The first-order valence-electron chi connectivity index (χ1n) is 7.04. The molecule has 1 saturated heterocycles. The molecule has 18 heavy (non-hydrogen) atoms. The Morgan fingerprint density at radius 2 is 2.17 bits per heavy atom. The number of rotatable bonds is 3. The van der Waals surface area contributed by atoms with Gasteiger partial charge in [0.1, 0.15) is 0 Å². The van der Waals surface area contributed by atoms with Crippen LogP contribution in [0.15, 0.2) is 6.20 Å². The van der Waals surface area contributed by atoms with Crippen LogP contribution in [0.4, 0.5) is 5.69 Å². The van der Waals surface area contributed by atoms with Gasteiger partial charge in [0, 0.05) is 31.9 Å². The molecule has 2 heterocycles. The Morgan fingerprint density at radius 1 is 1.44 bits per heavy atom. The molecule has 1 aromatic rings. The molecule has 3 unspecified atom stereocenters. The molecular weight excluding hydrogens is 224 g/mol. The van der Waals surface area contributed by atoms with Gasteiger partial charge in [0.25, 0.3) is 0 Å². The minimum absolute atomic E-state index is 0.561. The number of piperidine rings is 1. The maximum Gasteiger partial charge on any atom is 0.0855 e. The zero-order chi connectivity index (χ0) is 13.3. The molecule has 0 saturated carbocycles. The first-order chi connectivity index (χ1) is 8.58. The van der Waals surface area contributed by atoms with E-state index in [4.69, 9.17) is 0 Å². The van der Waals surface area contributed by atoms with E-state index < -0.39 is 0 Å². The summed E-state index contributed by atoms with van der Waals surface area (Å²) in [6.07, 6.45) is 4.38. The van der Waals surface area contributed by atoms with Crippen molar-refractivity contribution in [2.45, 2.75) is 45.7 Å². The molecule has 0 amide bonds. The third-order valence-electron chi connectivity index (χ3n) is 4.47. The fraction of sp³-hybridized carbons (Fsp3) is 0.786. The zero-order valence-corrected chi connectivity index (χ0v) is 12.3. The lowest BCUT2D eigenvalue weighted by Gasteiger charge is -2.43. The van der Waals surface area contributed by atoms with Crippen LogP contribution in [-0.2, 0) is 13.5 Å². The van der Waals surface area contributed by atoms with Gasteiger partial charge in [-0.2, -0.15) is 5.10 Å². The lowest BCUT2D eigenvalue weighted by molar-refractivity contribution is 0.282. The molecule has 4 nitrogen and oxygen atoms in total. The van der Waals surface area contributed by atoms with Gasteiger partial charge in [0.05, 0.1) is 11.4 Å². The van der Waals surface area contributed by atoms with Crippen LogP contribution in [0.1, 0.15) is 32.9 Å². The van der Waals surface area contributed by atoms with Crippen molar-refractivity contribution in [1.82, 2.24) is 15.1 Å². The van der Waals surface area contributed by atoms with Crippen LogP contribution in [0, 0.1) is 5.92 Å². The van der Waals surface area contributed by atoms with Gasteiger partial charge in [0.15, 0.2) is 0 Å². The molecule has 0 spiro atoms. The average Bonchev–Trinajstić information content (AvgIpc) is 2.73. The molecule has 1 fully saturated rings. The summed E-state index contributed by atoms with van der Waals surface area (Å²) in [5.41, 5.74) is 2.55. The van der Waals surface area contributed by atoms with Gasteiger partial charge in [-0.3, -0.25) is 4.68 Å². The number of nitrogens with one attached hydrogen (secondary N) is 1. The monoisotopic (exact) mass is 250 g/mol. The smallest absolute Gasteiger partial charge is 0.0855 e. The average molecular weight is 250 g/mol. The molecular formula is C14H26N4. The second kappa shape index (κ2) is 5.31. The predicted molar refractivity (Wildman–Crippen MR) is 76.0 cm³/mol. The lowest BCUT2D eigenvalue weighted by atomic mass is 9.87. The van der Waals surface area contributed by atoms with Crippen molar-refractivity contribution < 1.29 is 0 Å². The Hall–Kier alpha value is -1.03. The molecule has 0 aromatic carbocycles. The van der Waals surface area contributed by atoms with Crippen molar-refractivity contribution in [2.24, 2.45) is 13.0 Å². The molecule has 0 bridgehead atoms. The summed E-state index contributed by atoms with van der Waals surface area (Å²) < 4.78 is 1.94. The topological polar surface area (TPSA) is 33.1 Å². The van der Waals surface area contributed by atoms with E-state index in [9.17, 15) is 0 Å². The second-order valence-corrected chi connectivity index (χ2v) is 5.47. The highest BCUT2D eigenvalue weighted by Crippen LogP contribution is 2.30. The largest absolute Gasteiger partial charge is 0.366 e. The Morgan fingerprint density at radius 3 is 2.78 bits per heavy atom. The lowest BCUT2D eigenvalue weighted by Crippen LogP contribution is -2.52. The van der Waals surface area contributed by atoms with Crippen molar-refractivity contribution in [3.05, 3.63) is 11.9 Å².